The van der Waals surface area contributed by atoms with Crippen molar-refractivity contribution in [1.82, 2.24) is 5.32 Å². The molecule has 8 heteroatoms. The zero-order chi connectivity index (χ0) is 27.0. The molecule has 0 radical (unpaired) electrons. The van der Waals surface area contributed by atoms with Crippen molar-refractivity contribution in [2.75, 3.05) is 0 Å². The van der Waals surface area contributed by atoms with Crippen LogP contribution in [-0.2, 0) is 35.2 Å². The zero-order valence-corrected chi connectivity index (χ0v) is 22.5. The Kier molecular flexibility index (Phi) is 10.5. The molecular formula is C27H41NO7. The molecule has 8 nitrogen and oxygen atoms in total. The number of amides is 1. The molecule has 0 aliphatic rings. The first kappa shape index (κ1) is 30.1. The van der Waals surface area contributed by atoms with Crippen molar-refractivity contribution in [3.05, 3.63) is 35.9 Å². The SMILES string of the molecule is CC(C)(C)OC(=O)C[C@H](CC(=O)[C@@H](NC(=O)OC(C)(C)C)C(C)(C)C)C(=O)OCc1ccccc1. The number of hydrogen-bond donors (Lipinski definition) is 1. The Bertz CT molecular complexity index is 874. The molecule has 0 saturated carbocycles. The van der Waals surface area contributed by atoms with E-state index in [0.29, 0.717) is 0 Å². The fourth-order valence-corrected chi connectivity index (χ4v) is 3.24. The van der Waals surface area contributed by atoms with E-state index in [-0.39, 0.29) is 19.4 Å². The highest BCUT2D eigenvalue weighted by molar-refractivity contribution is 5.92. The summed E-state index contributed by atoms with van der Waals surface area (Å²) in [4.78, 5) is 51.1. The van der Waals surface area contributed by atoms with Gasteiger partial charge in [0.05, 0.1) is 18.4 Å². The maximum absolute atomic E-state index is 13.3. The molecule has 0 spiro atoms. The van der Waals surface area contributed by atoms with E-state index < -0.39 is 52.4 Å². The molecule has 0 aliphatic carbocycles. The van der Waals surface area contributed by atoms with Crippen LogP contribution in [-0.4, -0.2) is 41.1 Å². The van der Waals surface area contributed by atoms with Crippen LogP contribution in [0.5, 0.6) is 0 Å². The van der Waals surface area contributed by atoms with Crippen LogP contribution in [0.3, 0.4) is 0 Å². The lowest BCUT2D eigenvalue weighted by molar-refractivity contribution is -0.162. The molecule has 0 aliphatic heterocycles. The Labute approximate surface area is 209 Å². The fourth-order valence-electron chi connectivity index (χ4n) is 3.24. The number of carbonyl (C=O) groups excluding carboxylic acids is 4. The molecule has 0 heterocycles. The van der Waals surface area contributed by atoms with Gasteiger partial charge in [-0.3, -0.25) is 14.4 Å². The van der Waals surface area contributed by atoms with Crippen molar-refractivity contribution < 1.29 is 33.4 Å². The second-order valence-corrected chi connectivity index (χ2v) is 11.7. The Hall–Kier alpha value is -2.90. The van der Waals surface area contributed by atoms with Crippen molar-refractivity contribution in [1.29, 1.82) is 0 Å². The Morgan fingerprint density at radius 2 is 1.34 bits per heavy atom. The normalized spacial score (nSPS) is 13.9. The maximum atomic E-state index is 13.3. The van der Waals surface area contributed by atoms with Gasteiger partial charge in [0.15, 0.2) is 5.78 Å². The van der Waals surface area contributed by atoms with Gasteiger partial charge in [-0.15, -0.1) is 0 Å². The number of ketones is 1. The van der Waals surface area contributed by atoms with Crippen LogP contribution in [0.15, 0.2) is 30.3 Å². The van der Waals surface area contributed by atoms with E-state index >= 15 is 0 Å². The molecule has 1 aromatic rings. The van der Waals surface area contributed by atoms with Crippen molar-refractivity contribution >= 4 is 23.8 Å². The molecule has 0 aromatic heterocycles. The van der Waals surface area contributed by atoms with Gasteiger partial charge in [0.1, 0.15) is 17.8 Å². The lowest BCUT2D eigenvalue weighted by atomic mass is 9.81. The summed E-state index contributed by atoms with van der Waals surface area (Å²) in [7, 11) is 0. The van der Waals surface area contributed by atoms with Gasteiger partial charge in [0.25, 0.3) is 0 Å². The van der Waals surface area contributed by atoms with Gasteiger partial charge >= 0.3 is 18.0 Å². The predicted molar refractivity (Wildman–Crippen MR) is 132 cm³/mol. The number of carbonyl (C=O) groups is 4. The number of nitrogens with one attached hydrogen (secondary N) is 1. The molecule has 0 unspecified atom stereocenters. The average Bonchev–Trinajstić information content (AvgIpc) is 2.66. The second-order valence-electron chi connectivity index (χ2n) is 11.7. The Morgan fingerprint density at radius 3 is 1.83 bits per heavy atom. The lowest BCUT2D eigenvalue weighted by Crippen LogP contribution is -2.51. The number of alkyl carbamates (subject to hydrolysis) is 1. The summed E-state index contributed by atoms with van der Waals surface area (Å²) >= 11 is 0. The van der Waals surface area contributed by atoms with E-state index in [0.717, 1.165) is 5.56 Å². The topological polar surface area (TPSA) is 108 Å². The van der Waals surface area contributed by atoms with Crippen LogP contribution in [0.25, 0.3) is 0 Å². The van der Waals surface area contributed by atoms with Crippen LogP contribution in [0, 0.1) is 11.3 Å². The van der Waals surface area contributed by atoms with Gasteiger partial charge in [-0.05, 0) is 52.5 Å². The van der Waals surface area contributed by atoms with Crippen LogP contribution in [0.4, 0.5) is 4.79 Å². The Morgan fingerprint density at radius 1 is 0.800 bits per heavy atom. The van der Waals surface area contributed by atoms with Gasteiger partial charge in [0, 0.05) is 6.42 Å². The van der Waals surface area contributed by atoms with Gasteiger partial charge in [-0.25, -0.2) is 4.79 Å². The van der Waals surface area contributed by atoms with Crippen LogP contribution in [0.1, 0.15) is 80.7 Å². The molecule has 1 aromatic carbocycles. The minimum atomic E-state index is -1.06. The number of rotatable bonds is 9. The highest BCUT2D eigenvalue weighted by Gasteiger charge is 2.37. The summed E-state index contributed by atoms with van der Waals surface area (Å²) < 4.78 is 16.1. The molecule has 196 valence electrons. The number of ether oxygens (including phenoxy) is 3. The van der Waals surface area contributed by atoms with E-state index in [9.17, 15) is 19.2 Å². The highest BCUT2D eigenvalue weighted by atomic mass is 16.6. The van der Waals surface area contributed by atoms with E-state index in [2.05, 4.69) is 5.32 Å². The summed E-state index contributed by atoms with van der Waals surface area (Å²) in [5.74, 6) is -2.77. The maximum Gasteiger partial charge on any atom is 0.408 e. The first-order valence-electron chi connectivity index (χ1n) is 11.8. The van der Waals surface area contributed by atoms with Crippen molar-refractivity contribution in [2.24, 2.45) is 11.3 Å². The van der Waals surface area contributed by atoms with E-state index in [1.54, 1.807) is 62.3 Å². The number of esters is 2. The van der Waals surface area contributed by atoms with Crippen molar-refractivity contribution in [3.8, 4) is 0 Å². The van der Waals surface area contributed by atoms with Gasteiger partial charge < -0.3 is 19.5 Å². The smallest absolute Gasteiger partial charge is 0.408 e. The van der Waals surface area contributed by atoms with Crippen LogP contribution < -0.4 is 5.32 Å². The minimum absolute atomic E-state index is 0.0114. The standard InChI is InChI=1S/C27H41NO7/c1-25(2,3)22(28-24(32)35-27(7,8)9)20(29)15-19(16-21(30)34-26(4,5)6)23(31)33-17-18-13-11-10-12-14-18/h10-14,19,22H,15-17H2,1-9H3,(H,28,32)/t19-,22+/m0/s1. The molecule has 35 heavy (non-hydrogen) atoms. The van der Waals surface area contributed by atoms with E-state index in [1.807, 2.05) is 30.3 Å². The molecule has 0 bridgehead atoms. The molecule has 1 rings (SSSR count). The summed E-state index contributed by atoms with van der Waals surface area (Å²) in [6, 6.07) is 8.16. The lowest BCUT2D eigenvalue weighted by Gasteiger charge is -2.32. The average molecular weight is 492 g/mol. The van der Waals surface area contributed by atoms with E-state index in [1.165, 1.54) is 0 Å². The second kappa shape index (κ2) is 12.2. The summed E-state index contributed by atoms with van der Waals surface area (Å²) in [6.45, 7) is 15.7. The van der Waals surface area contributed by atoms with Crippen LogP contribution >= 0.6 is 0 Å². The number of Topliss-reactive ketones (excluding diaryl/α,β-unsaturated/α-hetero) is 1. The number of hydrogen-bond acceptors (Lipinski definition) is 7. The quantitative estimate of drug-likeness (QED) is 0.383. The minimum Gasteiger partial charge on any atom is -0.461 e. The molecule has 0 fully saturated rings. The third-order valence-electron chi connectivity index (χ3n) is 4.69. The largest absolute Gasteiger partial charge is 0.461 e. The first-order chi connectivity index (χ1) is 15.9. The van der Waals surface area contributed by atoms with E-state index in [4.69, 9.17) is 14.2 Å². The molecular weight excluding hydrogens is 450 g/mol. The predicted octanol–water partition coefficient (Wildman–Crippen LogP) is 4.98. The van der Waals surface area contributed by atoms with Crippen molar-refractivity contribution in [2.45, 2.75) is 99.0 Å². The molecule has 1 N–H and O–H groups in total. The summed E-state index contributed by atoms with van der Waals surface area (Å²) in [6.07, 6.45) is -1.36. The highest BCUT2D eigenvalue weighted by Crippen LogP contribution is 2.25. The van der Waals surface area contributed by atoms with Gasteiger partial charge in [0.2, 0.25) is 0 Å². The van der Waals surface area contributed by atoms with Crippen molar-refractivity contribution in [3.63, 3.8) is 0 Å². The Balaban J connectivity index is 3.05. The molecule has 0 saturated heterocycles. The first-order valence-corrected chi connectivity index (χ1v) is 11.8. The molecule has 2 atom stereocenters. The third kappa shape index (κ3) is 12.4. The number of benzene rings is 1. The van der Waals surface area contributed by atoms with Gasteiger partial charge in [-0.1, -0.05) is 51.1 Å². The summed E-state index contributed by atoms with van der Waals surface area (Å²) in [5, 5.41) is 2.63. The fraction of sp³-hybridized carbons (Fsp3) is 0.630. The molecule has 1 amide bonds. The summed E-state index contributed by atoms with van der Waals surface area (Å²) in [5.41, 5.74) is -1.37. The zero-order valence-electron chi connectivity index (χ0n) is 22.5. The van der Waals surface area contributed by atoms with Gasteiger partial charge in [-0.2, -0.15) is 0 Å². The third-order valence-corrected chi connectivity index (χ3v) is 4.69. The van der Waals surface area contributed by atoms with Crippen LogP contribution in [0.2, 0.25) is 0 Å². The monoisotopic (exact) mass is 491 g/mol.